The number of phenolic OH excluding ortho intramolecular Hbond substituents is 1. The summed E-state index contributed by atoms with van der Waals surface area (Å²) in [6.07, 6.45) is 24.6. The van der Waals surface area contributed by atoms with Gasteiger partial charge in [0, 0.05) is 25.4 Å². The summed E-state index contributed by atoms with van der Waals surface area (Å²) in [6, 6.07) is 6.63. The molecule has 4 N–H and O–H groups in total. The highest BCUT2D eigenvalue weighted by Crippen LogP contribution is 2.15. The Balaban J connectivity index is 1.86. The second kappa shape index (κ2) is 24.4. The molecule has 0 saturated carbocycles. The summed E-state index contributed by atoms with van der Waals surface area (Å²) in [5.41, 5.74) is 6.51. The van der Waals surface area contributed by atoms with E-state index in [-0.39, 0.29) is 11.8 Å². The first kappa shape index (κ1) is 33.1. The Morgan fingerprint density at radius 1 is 0.730 bits per heavy atom. The molecule has 1 aromatic carbocycles. The van der Waals surface area contributed by atoms with Crippen molar-refractivity contribution in [3.05, 3.63) is 24.3 Å². The zero-order chi connectivity index (χ0) is 26.8. The average Bonchev–Trinajstić information content (AvgIpc) is 2.89. The van der Waals surface area contributed by atoms with E-state index in [9.17, 15) is 9.90 Å². The van der Waals surface area contributed by atoms with E-state index in [0.29, 0.717) is 13.3 Å². The highest BCUT2D eigenvalue weighted by Gasteiger charge is 2.08. The Bertz CT molecular complexity index is 639. The van der Waals surface area contributed by atoms with Crippen molar-refractivity contribution in [2.45, 2.75) is 129 Å². The van der Waals surface area contributed by atoms with Crippen molar-refractivity contribution in [3.8, 4) is 5.75 Å². The molecule has 0 atom stereocenters. The van der Waals surface area contributed by atoms with Crippen LogP contribution in [0.15, 0.2) is 24.3 Å². The van der Waals surface area contributed by atoms with E-state index in [1.807, 2.05) is 12.1 Å². The number of benzene rings is 1. The van der Waals surface area contributed by atoms with Crippen molar-refractivity contribution in [1.82, 2.24) is 4.90 Å². The number of carbonyl (C=O) groups excluding carboxylic acids is 1. The molecule has 0 fully saturated rings. The molecule has 0 saturated heterocycles. The summed E-state index contributed by atoms with van der Waals surface area (Å²) < 4.78 is 5.61. The number of carbonyl (C=O) groups is 1. The molecule has 0 aliphatic carbocycles. The maximum Gasteiger partial charge on any atom is 0.314 e. The van der Waals surface area contributed by atoms with Crippen LogP contribution in [0, 0.1) is 0 Å². The number of rotatable bonds is 26. The molecule has 1 aromatic rings. The van der Waals surface area contributed by atoms with Gasteiger partial charge in [0.1, 0.15) is 12.5 Å². The summed E-state index contributed by atoms with van der Waals surface area (Å²) in [5.74, 6) is 0.256. The Labute approximate surface area is 227 Å². The Morgan fingerprint density at radius 2 is 1.16 bits per heavy atom. The third-order valence-electron chi connectivity index (χ3n) is 7.06. The number of amides is 2. The molecule has 0 spiro atoms. The van der Waals surface area contributed by atoms with Crippen LogP contribution in [0.1, 0.15) is 129 Å². The Morgan fingerprint density at radius 3 is 1.62 bits per heavy atom. The zero-order valence-electron chi connectivity index (χ0n) is 23.9. The van der Waals surface area contributed by atoms with Gasteiger partial charge in [0.05, 0.1) is 0 Å². The molecule has 0 bridgehead atoms. The SMILES string of the molecule is CCCCCCCCCCCCCCCCCCN(CCCCCOCNc1ccc(O)cc1)C(N)=O. The molecule has 37 heavy (non-hydrogen) atoms. The fourth-order valence-corrected chi connectivity index (χ4v) is 4.65. The van der Waals surface area contributed by atoms with Crippen LogP contribution >= 0.6 is 0 Å². The molecule has 0 aliphatic heterocycles. The van der Waals surface area contributed by atoms with Gasteiger partial charge < -0.3 is 25.8 Å². The lowest BCUT2D eigenvalue weighted by Crippen LogP contribution is -2.37. The molecule has 1 rings (SSSR count). The van der Waals surface area contributed by atoms with Crippen molar-refractivity contribution in [2.75, 3.05) is 31.7 Å². The maximum atomic E-state index is 11.8. The normalized spacial score (nSPS) is 11.1. The molecule has 0 radical (unpaired) electrons. The van der Waals surface area contributed by atoms with Crippen LogP contribution in [0.3, 0.4) is 0 Å². The maximum absolute atomic E-state index is 11.8. The minimum atomic E-state index is -0.296. The molecular weight excluding hydrogens is 462 g/mol. The van der Waals surface area contributed by atoms with Gasteiger partial charge in [-0.15, -0.1) is 0 Å². The average molecular weight is 520 g/mol. The van der Waals surface area contributed by atoms with Crippen molar-refractivity contribution < 1.29 is 14.6 Å². The smallest absolute Gasteiger partial charge is 0.314 e. The fraction of sp³-hybridized carbons (Fsp3) is 0.774. The fourth-order valence-electron chi connectivity index (χ4n) is 4.65. The first-order valence-electron chi connectivity index (χ1n) is 15.3. The Kier molecular flexibility index (Phi) is 21.8. The third-order valence-corrected chi connectivity index (χ3v) is 7.06. The van der Waals surface area contributed by atoms with Crippen LogP contribution in [0.25, 0.3) is 0 Å². The van der Waals surface area contributed by atoms with Gasteiger partial charge >= 0.3 is 6.03 Å². The second-order valence-corrected chi connectivity index (χ2v) is 10.5. The van der Waals surface area contributed by atoms with Gasteiger partial charge in [-0.2, -0.15) is 0 Å². The standard InChI is InChI=1S/C31H57N3O3/c1-2-3-4-5-6-7-8-9-10-11-12-13-14-15-16-18-25-34(31(32)36)26-19-17-20-27-37-28-33-29-21-23-30(35)24-22-29/h21-24,33,35H,2-20,25-28H2,1H3,(H2,32,36). The third kappa shape index (κ3) is 20.8. The van der Waals surface area contributed by atoms with E-state index in [2.05, 4.69) is 12.2 Å². The first-order valence-corrected chi connectivity index (χ1v) is 15.3. The number of aromatic hydroxyl groups is 1. The molecule has 2 amide bonds. The molecule has 214 valence electrons. The number of nitrogens with two attached hydrogens (primary N) is 1. The van der Waals surface area contributed by atoms with Crippen LogP contribution < -0.4 is 11.1 Å². The molecular formula is C31H57N3O3. The largest absolute Gasteiger partial charge is 0.508 e. The summed E-state index contributed by atoms with van der Waals surface area (Å²) in [6.45, 7) is 4.92. The molecule has 6 nitrogen and oxygen atoms in total. The first-order chi connectivity index (χ1) is 18.1. The van der Waals surface area contributed by atoms with Crippen LogP contribution in [0.5, 0.6) is 5.75 Å². The van der Waals surface area contributed by atoms with Crippen LogP contribution in [0.2, 0.25) is 0 Å². The number of nitrogens with zero attached hydrogens (tertiary/aromatic N) is 1. The molecule has 0 heterocycles. The van der Waals surface area contributed by atoms with Crippen LogP contribution in [-0.4, -0.2) is 42.5 Å². The quantitative estimate of drug-likeness (QED) is 0.0649. The molecule has 0 aromatic heterocycles. The molecule has 0 unspecified atom stereocenters. The van der Waals surface area contributed by atoms with Gasteiger partial charge in [0.15, 0.2) is 0 Å². The van der Waals surface area contributed by atoms with E-state index in [1.54, 1.807) is 17.0 Å². The molecule has 6 heteroatoms. The van der Waals surface area contributed by atoms with Gasteiger partial charge in [0.2, 0.25) is 0 Å². The molecule has 0 aliphatic rings. The van der Waals surface area contributed by atoms with Gasteiger partial charge in [-0.05, 0) is 49.9 Å². The Hall–Kier alpha value is -1.95. The predicted octanol–water partition coefficient (Wildman–Crippen LogP) is 8.59. The lowest BCUT2D eigenvalue weighted by Gasteiger charge is -2.20. The lowest BCUT2D eigenvalue weighted by atomic mass is 10.0. The van der Waals surface area contributed by atoms with E-state index < -0.39 is 0 Å². The van der Waals surface area contributed by atoms with Crippen molar-refractivity contribution in [1.29, 1.82) is 0 Å². The zero-order valence-corrected chi connectivity index (χ0v) is 23.9. The monoisotopic (exact) mass is 519 g/mol. The van der Waals surface area contributed by atoms with E-state index >= 15 is 0 Å². The highest BCUT2D eigenvalue weighted by atomic mass is 16.5. The number of unbranched alkanes of at least 4 members (excludes halogenated alkanes) is 17. The number of urea groups is 1. The lowest BCUT2D eigenvalue weighted by molar-refractivity contribution is 0.146. The highest BCUT2D eigenvalue weighted by molar-refractivity contribution is 5.71. The van der Waals surface area contributed by atoms with Gasteiger partial charge in [-0.25, -0.2) is 4.79 Å². The second-order valence-electron chi connectivity index (χ2n) is 10.5. The predicted molar refractivity (Wildman–Crippen MR) is 157 cm³/mol. The summed E-state index contributed by atoms with van der Waals surface area (Å²) >= 11 is 0. The van der Waals surface area contributed by atoms with Crippen molar-refractivity contribution in [2.24, 2.45) is 5.73 Å². The topological polar surface area (TPSA) is 87.8 Å². The number of hydrogen-bond donors (Lipinski definition) is 3. The van der Waals surface area contributed by atoms with Crippen LogP contribution in [-0.2, 0) is 4.74 Å². The minimum absolute atomic E-state index is 0.256. The summed E-state index contributed by atoms with van der Waals surface area (Å²) in [4.78, 5) is 13.6. The van der Waals surface area contributed by atoms with Crippen LogP contribution in [0.4, 0.5) is 10.5 Å². The van der Waals surface area contributed by atoms with Gasteiger partial charge in [0.25, 0.3) is 0 Å². The van der Waals surface area contributed by atoms with E-state index in [4.69, 9.17) is 10.5 Å². The number of anilines is 1. The number of hydrogen-bond acceptors (Lipinski definition) is 4. The number of primary amides is 1. The number of nitrogens with one attached hydrogen (secondary N) is 1. The summed E-state index contributed by atoms with van der Waals surface area (Å²) in [5, 5.41) is 12.4. The van der Waals surface area contributed by atoms with E-state index in [1.165, 1.54) is 96.3 Å². The van der Waals surface area contributed by atoms with Crippen molar-refractivity contribution >= 4 is 11.7 Å². The number of ether oxygens (including phenoxy) is 1. The minimum Gasteiger partial charge on any atom is -0.508 e. The number of phenols is 1. The van der Waals surface area contributed by atoms with Crippen molar-refractivity contribution in [3.63, 3.8) is 0 Å². The van der Waals surface area contributed by atoms with Gasteiger partial charge in [-0.3, -0.25) is 0 Å². The van der Waals surface area contributed by atoms with E-state index in [0.717, 1.165) is 44.5 Å². The van der Waals surface area contributed by atoms with Gasteiger partial charge in [-0.1, -0.05) is 103 Å². The summed E-state index contributed by atoms with van der Waals surface area (Å²) in [7, 11) is 0.